The average Bonchev–Trinajstić information content (AvgIpc) is 3.87. The molecule has 242 valence electrons. The van der Waals surface area contributed by atoms with Crippen molar-refractivity contribution < 1.29 is 4.42 Å². The minimum atomic E-state index is -0.213. The van der Waals surface area contributed by atoms with Crippen molar-refractivity contribution in [3.8, 4) is 5.69 Å². The molecule has 7 aromatic carbocycles. The topological polar surface area (TPSA) is 54.5 Å². The Bertz CT molecular complexity index is 2990. The number of amidine groups is 1. The van der Waals surface area contributed by atoms with Gasteiger partial charge in [-0.05, 0) is 53.6 Å². The summed E-state index contributed by atoms with van der Waals surface area (Å²) in [7, 11) is 0. The highest BCUT2D eigenvalue weighted by molar-refractivity contribution is 7.26. The molecule has 4 heterocycles. The number of hydrogen-bond donors (Lipinski definition) is 2. The predicted molar refractivity (Wildman–Crippen MR) is 212 cm³/mol. The molecule has 0 saturated heterocycles. The number of thiophene rings is 1. The van der Waals surface area contributed by atoms with Gasteiger partial charge in [0.1, 0.15) is 29.3 Å². The summed E-state index contributed by atoms with van der Waals surface area (Å²) in [5.41, 5.74) is 8.41. The van der Waals surface area contributed by atoms with Gasteiger partial charge in [-0.25, -0.2) is 4.99 Å². The van der Waals surface area contributed by atoms with Gasteiger partial charge in [-0.3, -0.25) is 5.32 Å². The quantitative estimate of drug-likeness (QED) is 0.195. The third-order valence-corrected chi connectivity index (χ3v) is 11.4. The fourth-order valence-electron chi connectivity index (χ4n) is 8.02. The fourth-order valence-corrected chi connectivity index (χ4v) is 9.14. The van der Waals surface area contributed by atoms with Crippen molar-refractivity contribution in [1.82, 2.24) is 15.2 Å². The third-order valence-electron chi connectivity index (χ3n) is 10.3. The summed E-state index contributed by atoms with van der Waals surface area (Å²) in [5.74, 6) is 0.836. The van der Waals surface area contributed by atoms with E-state index in [1.165, 1.54) is 42.0 Å². The molecule has 5 nitrogen and oxygen atoms in total. The molecule has 1 aliphatic rings. The van der Waals surface area contributed by atoms with Crippen molar-refractivity contribution in [2.45, 2.75) is 12.3 Å². The van der Waals surface area contributed by atoms with Gasteiger partial charge in [0.25, 0.3) is 0 Å². The van der Waals surface area contributed by atoms with Crippen LogP contribution in [0.25, 0.3) is 69.6 Å². The third kappa shape index (κ3) is 4.40. The zero-order valence-corrected chi connectivity index (χ0v) is 28.2. The Balaban J connectivity index is 1.09. The maximum Gasteiger partial charge on any atom is 0.137 e. The first-order valence-electron chi connectivity index (χ1n) is 17.3. The summed E-state index contributed by atoms with van der Waals surface area (Å²) in [6.07, 6.45) is -0.333. The summed E-state index contributed by atoms with van der Waals surface area (Å²) >= 11 is 1.86. The Kier molecular flexibility index (Phi) is 6.26. The summed E-state index contributed by atoms with van der Waals surface area (Å²) < 4.78 is 11.7. The van der Waals surface area contributed by atoms with E-state index in [1.807, 2.05) is 23.5 Å². The lowest BCUT2D eigenvalue weighted by Gasteiger charge is -2.32. The number of rotatable bonds is 4. The van der Waals surface area contributed by atoms with Crippen LogP contribution in [-0.4, -0.2) is 10.4 Å². The van der Waals surface area contributed by atoms with Gasteiger partial charge in [0.2, 0.25) is 0 Å². The van der Waals surface area contributed by atoms with Crippen molar-refractivity contribution in [3.63, 3.8) is 0 Å². The van der Waals surface area contributed by atoms with Gasteiger partial charge in [0.15, 0.2) is 0 Å². The van der Waals surface area contributed by atoms with Crippen LogP contribution in [0.3, 0.4) is 0 Å². The number of benzene rings is 7. The van der Waals surface area contributed by atoms with Gasteiger partial charge in [-0.15, -0.1) is 11.3 Å². The second kappa shape index (κ2) is 11.2. The first-order chi connectivity index (χ1) is 25.3. The normalized spacial score (nSPS) is 16.4. The molecular formula is C45H30N4OS. The zero-order chi connectivity index (χ0) is 33.5. The number of nitrogens with zero attached hydrogens (tertiary/aromatic N) is 2. The van der Waals surface area contributed by atoms with Gasteiger partial charge in [0, 0.05) is 59.0 Å². The summed E-state index contributed by atoms with van der Waals surface area (Å²) in [6, 6.07) is 55.9. The molecule has 11 rings (SSSR count). The SMILES string of the molecule is c1ccc(C2N=C(c3cccc4oc5cc(-n6c7ccccc7c7c8c(ccc76)sc6ccccc68)ccc5c34)NC(c3ccccc3)N2)cc1. The molecule has 2 N–H and O–H groups in total. The average molecular weight is 675 g/mol. The molecule has 0 spiro atoms. The minimum absolute atomic E-state index is 0.119. The van der Waals surface area contributed by atoms with Crippen LogP contribution in [0.5, 0.6) is 0 Å². The lowest BCUT2D eigenvalue weighted by atomic mass is 10.0. The fraction of sp³-hybridized carbons (Fsp3) is 0.0444. The van der Waals surface area contributed by atoms with Crippen LogP contribution in [-0.2, 0) is 0 Å². The molecule has 10 aromatic rings. The first-order valence-corrected chi connectivity index (χ1v) is 18.1. The molecule has 0 fully saturated rings. The van der Waals surface area contributed by atoms with Crippen molar-refractivity contribution in [2.24, 2.45) is 4.99 Å². The van der Waals surface area contributed by atoms with E-state index in [0.29, 0.717) is 0 Å². The van der Waals surface area contributed by atoms with E-state index in [-0.39, 0.29) is 12.3 Å². The maximum atomic E-state index is 6.68. The highest BCUT2D eigenvalue weighted by Gasteiger charge is 2.27. The van der Waals surface area contributed by atoms with E-state index < -0.39 is 0 Å². The monoisotopic (exact) mass is 674 g/mol. The standard InChI is InChI=1S/C45H30N4OS/c1-3-12-27(13-4-1)43-46-44(28-14-5-2-6-15-28)48-45(47-43)33-18-11-20-36-40(33)31-23-22-29(26-37(31)50-36)49-34-19-9-7-16-30(34)41-35(49)24-25-39-42(41)32-17-8-10-21-38(32)51-39/h1-26,43-44,46H,(H,47,48). The summed E-state index contributed by atoms with van der Waals surface area (Å²) in [5, 5.41) is 14.7. The molecule has 2 atom stereocenters. The molecule has 0 saturated carbocycles. The molecule has 1 aliphatic heterocycles. The lowest BCUT2D eigenvalue weighted by Crippen LogP contribution is -2.45. The van der Waals surface area contributed by atoms with Crippen LogP contribution in [0.4, 0.5) is 0 Å². The van der Waals surface area contributed by atoms with E-state index in [4.69, 9.17) is 9.41 Å². The molecule has 0 aliphatic carbocycles. The van der Waals surface area contributed by atoms with Gasteiger partial charge >= 0.3 is 0 Å². The minimum Gasteiger partial charge on any atom is -0.456 e. The Hall–Kier alpha value is -6.21. The Labute approximate surface area is 297 Å². The van der Waals surface area contributed by atoms with Crippen molar-refractivity contribution in [2.75, 3.05) is 0 Å². The van der Waals surface area contributed by atoms with Crippen LogP contribution in [0.2, 0.25) is 0 Å². The van der Waals surface area contributed by atoms with Crippen molar-refractivity contribution >= 4 is 81.1 Å². The van der Waals surface area contributed by atoms with Gasteiger partial charge in [-0.1, -0.05) is 109 Å². The largest absolute Gasteiger partial charge is 0.456 e. The molecule has 2 unspecified atom stereocenters. The van der Waals surface area contributed by atoms with E-state index >= 15 is 0 Å². The highest BCUT2D eigenvalue weighted by atomic mass is 32.1. The predicted octanol–water partition coefficient (Wildman–Crippen LogP) is 11.4. The van der Waals surface area contributed by atoms with Gasteiger partial charge < -0.3 is 14.3 Å². The summed E-state index contributed by atoms with van der Waals surface area (Å²) in [4.78, 5) is 5.25. The van der Waals surface area contributed by atoms with Crippen molar-refractivity contribution in [1.29, 1.82) is 0 Å². The highest BCUT2D eigenvalue weighted by Crippen LogP contribution is 2.44. The number of aromatic nitrogens is 1. The van der Waals surface area contributed by atoms with E-state index in [2.05, 4.69) is 161 Å². The van der Waals surface area contributed by atoms with E-state index in [1.54, 1.807) is 0 Å². The molecule has 0 radical (unpaired) electrons. The smallest absolute Gasteiger partial charge is 0.137 e. The van der Waals surface area contributed by atoms with E-state index in [0.717, 1.165) is 50.2 Å². The van der Waals surface area contributed by atoms with Crippen molar-refractivity contribution in [3.05, 3.63) is 174 Å². The van der Waals surface area contributed by atoms with Gasteiger partial charge in [0.05, 0.1) is 11.0 Å². The van der Waals surface area contributed by atoms with Crippen LogP contribution in [0.1, 0.15) is 29.0 Å². The number of nitrogens with one attached hydrogen (secondary N) is 2. The molecule has 0 amide bonds. The van der Waals surface area contributed by atoms with Gasteiger partial charge in [-0.2, -0.15) is 0 Å². The molecular weight excluding hydrogens is 645 g/mol. The number of para-hydroxylation sites is 1. The summed E-state index contributed by atoms with van der Waals surface area (Å²) in [6.45, 7) is 0. The van der Waals surface area contributed by atoms with Crippen LogP contribution in [0, 0.1) is 0 Å². The molecule has 3 aromatic heterocycles. The van der Waals surface area contributed by atoms with Crippen LogP contribution < -0.4 is 10.6 Å². The molecule has 51 heavy (non-hydrogen) atoms. The number of hydrogen-bond acceptors (Lipinski definition) is 5. The van der Waals surface area contributed by atoms with E-state index in [9.17, 15) is 0 Å². The Morgan fingerprint density at radius 1 is 0.549 bits per heavy atom. The second-order valence-corrected chi connectivity index (χ2v) is 14.3. The number of aliphatic imine (C=N–C) groups is 1. The maximum absolute atomic E-state index is 6.68. The van der Waals surface area contributed by atoms with Crippen LogP contribution >= 0.6 is 11.3 Å². The second-order valence-electron chi connectivity index (χ2n) is 13.2. The molecule has 6 heteroatoms. The first kappa shape index (κ1) is 28.6. The Morgan fingerprint density at radius 2 is 1.31 bits per heavy atom. The number of fused-ring (bicyclic) bond motifs is 10. The Morgan fingerprint density at radius 3 is 2.18 bits per heavy atom. The van der Waals surface area contributed by atoms with Crippen LogP contribution in [0.15, 0.2) is 167 Å². The molecule has 0 bridgehead atoms. The number of furan rings is 1. The lowest BCUT2D eigenvalue weighted by molar-refractivity contribution is 0.409. The zero-order valence-electron chi connectivity index (χ0n) is 27.4.